The van der Waals surface area contributed by atoms with E-state index in [0.29, 0.717) is 15.7 Å². The molecule has 0 unspecified atom stereocenters. The van der Waals surface area contributed by atoms with E-state index >= 15 is 0 Å². The number of thiazole rings is 1. The van der Waals surface area contributed by atoms with Crippen LogP contribution < -0.4 is 11.1 Å². The minimum atomic E-state index is -0.576. The molecule has 2 rings (SSSR count). The molecule has 0 saturated heterocycles. The van der Waals surface area contributed by atoms with Gasteiger partial charge in [0, 0.05) is 5.56 Å². The molecule has 1 aromatic carbocycles. The van der Waals surface area contributed by atoms with Crippen LogP contribution in [0.3, 0.4) is 0 Å². The van der Waals surface area contributed by atoms with Crippen LogP contribution in [0.25, 0.3) is 0 Å². The number of amides is 1. The van der Waals surface area contributed by atoms with Crippen molar-refractivity contribution in [3.8, 4) is 0 Å². The molecule has 128 valence electrons. The van der Waals surface area contributed by atoms with E-state index in [2.05, 4.69) is 10.3 Å². The predicted molar refractivity (Wildman–Crippen MR) is 94.9 cm³/mol. The largest absolute Gasteiger partial charge is 0.460 e. The quantitative estimate of drug-likeness (QED) is 0.827. The van der Waals surface area contributed by atoms with Gasteiger partial charge in [0.05, 0.1) is 17.3 Å². The fourth-order valence-corrected chi connectivity index (χ4v) is 2.54. The van der Waals surface area contributed by atoms with E-state index in [1.54, 1.807) is 20.8 Å². The van der Waals surface area contributed by atoms with Gasteiger partial charge in [-0.3, -0.25) is 9.59 Å². The molecule has 2 aromatic rings. The predicted octanol–water partition coefficient (Wildman–Crippen LogP) is 3.38. The zero-order valence-corrected chi connectivity index (χ0v) is 15.0. The van der Waals surface area contributed by atoms with Gasteiger partial charge in [-0.1, -0.05) is 29.5 Å². The zero-order chi connectivity index (χ0) is 17.9. The number of benzene rings is 1. The van der Waals surface area contributed by atoms with E-state index in [1.807, 2.05) is 25.1 Å². The summed E-state index contributed by atoms with van der Waals surface area (Å²) < 4.78 is 5.36. The standard InChI is InChI=1S/C17H21N3O3S/c1-10-6-5-7-11(9-23-15(22)17(2,3)4)13(10)20-14(21)12-8-19-16(18)24-12/h5-8H,9H2,1-4H3,(H2,18,19)(H,20,21). The summed E-state index contributed by atoms with van der Waals surface area (Å²) >= 11 is 1.12. The van der Waals surface area contributed by atoms with Crippen molar-refractivity contribution in [1.29, 1.82) is 0 Å². The molecule has 24 heavy (non-hydrogen) atoms. The first-order chi connectivity index (χ1) is 11.2. The average Bonchev–Trinajstić information content (AvgIpc) is 2.93. The first kappa shape index (κ1) is 17.9. The van der Waals surface area contributed by atoms with Crippen molar-refractivity contribution in [3.05, 3.63) is 40.4 Å². The van der Waals surface area contributed by atoms with Crippen LogP contribution in [0, 0.1) is 12.3 Å². The smallest absolute Gasteiger partial charge is 0.311 e. The van der Waals surface area contributed by atoms with Crippen LogP contribution in [-0.4, -0.2) is 16.9 Å². The van der Waals surface area contributed by atoms with Crippen molar-refractivity contribution < 1.29 is 14.3 Å². The number of nitrogens with one attached hydrogen (secondary N) is 1. The summed E-state index contributed by atoms with van der Waals surface area (Å²) in [5, 5.41) is 3.19. The van der Waals surface area contributed by atoms with Gasteiger partial charge in [0.15, 0.2) is 5.13 Å². The summed E-state index contributed by atoms with van der Waals surface area (Å²) in [7, 11) is 0. The molecule has 1 amide bonds. The third kappa shape index (κ3) is 4.32. The lowest BCUT2D eigenvalue weighted by Gasteiger charge is -2.18. The van der Waals surface area contributed by atoms with Gasteiger partial charge in [0.2, 0.25) is 0 Å². The first-order valence-corrected chi connectivity index (χ1v) is 8.28. The van der Waals surface area contributed by atoms with Gasteiger partial charge < -0.3 is 15.8 Å². The number of carbonyl (C=O) groups is 2. The van der Waals surface area contributed by atoms with Crippen LogP contribution in [0.4, 0.5) is 10.8 Å². The number of nitrogens with zero attached hydrogens (tertiary/aromatic N) is 1. The third-order valence-corrected chi connectivity index (χ3v) is 4.14. The lowest BCUT2D eigenvalue weighted by Crippen LogP contribution is -2.23. The Morgan fingerprint density at radius 3 is 2.62 bits per heavy atom. The number of esters is 1. The maximum absolute atomic E-state index is 12.3. The maximum Gasteiger partial charge on any atom is 0.311 e. The van der Waals surface area contributed by atoms with Crippen LogP contribution in [0.2, 0.25) is 0 Å². The number of rotatable bonds is 4. The Hall–Kier alpha value is -2.41. The molecule has 0 radical (unpaired) electrons. The van der Waals surface area contributed by atoms with E-state index in [4.69, 9.17) is 10.5 Å². The van der Waals surface area contributed by atoms with Gasteiger partial charge in [0.25, 0.3) is 5.91 Å². The number of carbonyl (C=O) groups excluding carboxylic acids is 2. The number of aryl methyl sites for hydroxylation is 1. The van der Waals surface area contributed by atoms with Crippen LogP contribution >= 0.6 is 11.3 Å². The van der Waals surface area contributed by atoms with Crippen molar-refractivity contribution in [3.63, 3.8) is 0 Å². The average molecular weight is 347 g/mol. The number of hydrogen-bond donors (Lipinski definition) is 2. The minimum absolute atomic E-state index is 0.0955. The van der Waals surface area contributed by atoms with Gasteiger partial charge in [-0.25, -0.2) is 4.98 Å². The highest BCUT2D eigenvalue weighted by Crippen LogP contribution is 2.25. The van der Waals surface area contributed by atoms with E-state index in [-0.39, 0.29) is 18.5 Å². The van der Waals surface area contributed by atoms with Gasteiger partial charge in [0.1, 0.15) is 11.5 Å². The summed E-state index contributed by atoms with van der Waals surface area (Å²) in [6, 6.07) is 5.56. The number of para-hydroxylation sites is 1. The number of aromatic nitrogens is 1. The molecule has 0 aliphatic rings. The molecule has 3 N–H and O–H groups in total. The Labute approximate surface area is 145 Å². The molecule has 0 aliphatic heterocycles. The van der Waals surface area contributed by atoms with Crippen molar-refractivity contribution in [2.24, 2.45) is 5.41 Å². The van der Waals surface area contributed by atoms with Gasteiger partial charge >= 0.3 is 5.97 Å². The van der Waals surface area contributed by atoms with Crippen LogP contribution in [0.1, 0.15) is 41.6 Å². The highest BCUT2D eigenvalue weighted by Gasteiger charge is 2.23. The molecule has 0 saturated carbocycles. The number of anilines is 2. The fourth-order valence-electron chi connectivity index (χ4n) is 1.96. The summed E-state index contributed by atoms with van der Waals surface area (Å²) in [4.78, 5) is 28.6. The molecular weight excluding hydrogens is 326 g/mol. The Morgan fingerprint density at radius 2 is 2.04 bits per heavy atom. The van der Waals surface area contributed by atoms with Gasteiger partial charge in [-0.05, 0) is 33.3 Å². The monoisotopic (exact) mass is 347 g/mol. The Bertz CT molecular complexity index is 763. The Kier molecular flexibility index (Phi) is 5.23. The first-order valence-electron chi connectivity index (χ1n) is 7.47. The second-order valence-electron chi connectivity index (χ2n) is 6.45. The normalized spacial score (nSPS) is 11.2. The van der Waals surface area contributed by atoms with E-state index in [9.17, 15) is 9.59 Å². The van der Waals surface area contributed by atoms with Crippen LogP contribution in [0.5, 0.6) is 0 Å². The summed E-state index contributed by atoms with van der Waals surface area (Å²) in [6.45, 7) is 7.36. The molecule has 6 nitrogen and oxygen atoms in total. The molecule has 0 atom stereocenters. The number of ether oxygens (including phenoxy) is 1. The minimum Gasteiger partial charge on any atom is -0.460 e. The van der Waals surface area contributed by atoms with Crippen LogP contribution in [0.15, 0.2) is 24.4 Å². The Balaban J connectivity index is 2.17. The van der Waals surface area contributed by atoms with Crippen molar-refractivity contribution in [2.45, 2.75) is 34.3 Å². The highest BCUT2D eigenvalue weighted by atomic mass is 32.1. The topological polar surface area (TPSA) is 94.3 Å². The molecule has 1 heterocycles. The lowest BCUT2D eigenvalue weighted by molar-refractivity contribution is -0.154. The number of hydrogen-bond acceptors (Lipinski definition) is 6. The summed E-state index contributed by atoms with van der Waals surface area (Å²) in [5.41, 5.74) is 7.23. The molecule has 1 aromatic heterocycles. The summed E-state index contributed by atoms with van der Waals surface area (Å²) in [5.74, 6) is -0.585. The molecule has 0 spiro atoms. The zero-order valence-electron chi connectivity index (χ0n) is 14.2. The second-order valence-corrected chi connectivity index (χ2v) is 7.51. The second kappa shape index (κ2) is 7.00. The van der Waals surface area contributed by atoms with E-state index in [0.717, 1.165) is 22.5 Å². The molecule has 0 bridgehead atoms. The lowest BCUT2D eigenvalue weighted by atomic mass is 9.97. The fraction of sp³-hybridized carbons (Fsp3) is 0.353. The molecule has 0 fully saturated rings. The molecular formula is C17H21N3O3S. The molecule has 7 heteroatoms. The number of nitrogens with two attached hydrogens (primary N) is 1. The van der Waals surface area contributed by atoms with E-state index in [1.165, 1.54) is 6.20 Å². The SMILES string of the molecule is Cc1cccc(COC(=O)C(C)(C)C)c1NC(=O)c1cnc(N)s1. The highest BCUT2D eigenvalue weighted by molar-refractivity contribution is 7.17. The van der Waals surface area contributed by atoms with Crippen molar-refractivity contribution in [1.82, 2.24) is 4.98 Å². The summed E-state index contributed by atoms with van der Waals surface area (Å²) in [6.07, 6.45) is 1.44. The van der Waals surface area contributed by atoms with Crippen molar-refractivity contribution >= 4 is 34.0 Å². The Morgan fingerprint density at radius 1 is 1.33 bits per heavy atom. The van der Waals surface area contributed by atoms with Gasteiger partial charge in [-0.2, -0.15) is 0 Å². The maximum atomic E-state index is 12.3. The van der Waals surface area contributed by atoms with E-state index < -0.39 is 5.41 Å². The van der Waals surface area contributed by atoms with Gasteiger partial charge in [-0.15, -0.1) is 0 Å². The molecule has 0 aliphatic carbocycles. The third-order valence-electron chi connectivity index (χ3n) is 3.32. The van der Waals surface area contributed by atoms with Crippen LogP contribution in [-0.2, 0) is 16.1 Å². The number of nitrogen functional groups attached to an aromatic ring is 1. The van der Waals surface area contributed by atoms with Crippen molar-refractivity contribution in [2.75, 3.05) is 11.1 Å².